The van der Waals surface area contributed by atoms with Gasteiger partial charge in [0.05, 0.1) is 0 Å². The van der Waals surface area contributed by atoms with Crippen molar-refractivity contribution in [3.63, 3.8) is 0 Å². The normalized spacial score (nSPS) is 19.5. The van der Waals surface area contributed by atoms with Crippen molar-refractivity contribution in [2.45, 2.75) is 31.2 Å². The number of halogens is 2. The van der Waals surface area contributed by atoms with E-state index in [2.05, 4.69) is 4.99 Å². The predicted molar refractivity (Wildman–Crippen MR) is 70.7 cm³/mol. The molecule has 1 saturated carbocycles. The highest BCUT2D eigenvalue weighted by atomic mass is 35.5. The van der Waals surface area contributed by atoms with Gasteiger partial charge < -0.3 is 9.47 Å². The van der Waals surface area contributed by atoms with Gasteiger partial charge in [-0.1, -0.05) is 24.4 Å². The first-order chi connectivity index (χ1) is 9.68. The lowest BCUT2D eigenvalue weighted by molar-refractivity contribution is 0.170. The largest absolute Gasteiger partial charge is 0.486 e. The number of aliphatic imine (C=N–C) groups is 1. The van der Waals surface area contributed by atoms with Gasteiger partial charge in [-0.25, -0.2) is 9.18 Å². The highest BCUT2D eigenvalue weighted by Gasteiger charge is 2.40. The van der Waals surface area contributed by atoms with E-state index in [1.165, 1.54) is 0 Å². The molecule has 106 valence electrons. The highest BCUT2D eigenvalue weighted by Crippen LogP contribution is 2.49. The van der Waals surface area contributed by atoms with E-state index in [1.54, 1.807) is 12.1 Å². The lowest BCUT2D eigenvalue weighted by Gasteiger charge is -2.27. The third-order valence-electron chi connectivity index (χ3n) is 3.91. The Labute approximate surface area is 120 Å². The van der Waals surface area contributed by atoms with Gasteiger partial charge in [0.1, 0.15) is 23.8 Å². The van der Waals surface area contributed by atoms with Crippen LogP contribution >= 0.6 is 11.6 Å². The van der Waals surface area contributed by atoms with Gasteiger partial charge in [0.15, 0.2) is 17.3 Å². The molecule has 1 aromatic carbocycles. The van der Waals surface area contributed by atoms with Crippen LogP contribution in [0.15, 0.2) is 11.1 Å². The van der Waals surface area contributed by atoms with Gasteiger partial charge in [0.25, 0.3) is 0 Å². The van der Waals surface area contributed by atoms with Crippen molar-refractivity contribution in [1.29, 1.82) is 0 Å². The van der Waals surface area contributed by atoms with Crippen LogP contribution in [-0.4, -0.2) is 19.3 Å². The number of fused-ring (bicyclic) bond motifs is 1. The molecule has 4 nitrogen and oxygen atoms in total. The summed E-state index contributed by atoms with van der Waals surface area (Å²) >= 11 is 6.04. The molecule has 1 heterocycles. The Balaban J connectivity index is 2.18. The molecular formula is C14H13ClFNO3. The van der Waals surface area contributed by atoms with Crippen molar-refractivity contribution < 1.29 is 18.7 Å². The Kier molecular flexibility index (Phi) is 3.40. The molecule has 0 unspecified atom stereocenters. The molecule has 1 aliphatic heterocycles. The maximum absolute atomic E-state index is 14.6. The van der Waals surface area contributed by atoms with E-state index in [1.807, 2.05) is 0 Å². The number of hydrogen-bond donors (Lipinski definition) is 0. The van der Waals surface area contributed by atoms with Crippen LogP contribution in [-0.2, 0) is 10.3 Å². The van der Waals surface area contributed by atoms with Gasteiger partial charge >= 0.3 is 0 Å². The first kappa shape index (κ1) is 13.4. The Morgan fingerprint density at radius 1 is 1.30 bits per heavy atom. The summed E-state index contributed by atoms with van der Waals surface area (Å²) in [7, 11) is 0. The van der Waals surface area contributed by atoms with E-state index in [-0.39, 0.29) is 10.8 Å². The van der Waals surface area contributed by atoms with Crippen LogP contribution in [0.25, 0.3) is 0 Å². The molecule has 1 aliphatic carbocycles. The Morgan fingerprint density at radius 3 is 2.70 bits per heavy atom. The predicted octanol–water partition coefficient (Wildman–Crippen LogP) is 3.36. The van der Waals surface area contributed by atoms with Crippen LogP contribution in [0.2, 0.25) is 5.02 Å². The van der Waals surface area contributed by atoms with E-state index in [0.717, 1.165) is 12.8 Å². The zero-order chi connectivity index (χ0) is 14.2. The second kappa shape index (κ2) is 5.08. The van der Waals surface area contributed by atoms with Gasteiger partial charge in [-0.2, -0.15) is 4.99 Å². The average Bonchev–Trinajstić information content (AvgIpc) is 2.93. The second-order valence-corrected chi connectivity index (χ2v) is 5.40. The highest BCUT2D eigenvalue weighted by molar-refractivity contribution is 6.32. The fourth-order valence-corrected chi connectivity index (χ4v) is 3.20. The van der Waals surface area contributed by atoms with E-state index in [4.69, 9.17) is 21.1 Å². The summed E-state index contributed by atoms with van der Waals surface area (Å²) in [5.41, 5.74) is -0.571. The van der Waals surface area contributed by atoms with E-state index < -0.39 is 11.4 Å². The molecule has 0 atom stereocenters. The molecule has 0 spiro atoms. The second-order valence-electron chi connectivity index (χ2n) is 5.02. The molecule has 6 heteroatoms. The Bertz CT molecular complexity index is 593. The standard InChI is InChI=1S/C14H13ClFNO3/c15-11-12(16)9(7-10-13(11)20-6-5-19-10)14(17-8-18)3-1-2-4-14/h7H,1-6H2. The minimum absolute atomic E-state index is 0.107. The van der Waals surface area contributed by atoms with Gasteiger partial charge in [-0.3, -0.25) is 0 Å². The monoisotopic (exact) mass is 297 g/mol. The van der Waals surface area contributed by atoms with Crippen molar-refractivity contribution in [3.8, 4) is 11.5 Å². The SMILES string of the molecule is O=C=NC1(c2cc3c(c(Cl)c2F)OCCO3)CCCC1. The number of carbonyl (C=O) groups excluding carboxylic acids is 1. The quantitative estimate of drug-likeness (QED) is 0.621. The Morgan fingerprint density at radius 2 is 2.00 bits per heavy atom. The van der Waals surface area contributed by atoms with Crippen molar-refractivity contribution in [2.24, 2.45) is 4.99 Å². The van der Waals surface area contributed by atoms with E-state index in [9.17, 15) is 9.18 Å². The number of rotatable bonds is 2. The summed E-state index contributed by atoms with van der Waals surface area (Å²) < 4.78 is 25.4. The summed E-state index contributed by atoms with van der Waals surface area (Å²) in [4.78, 5) is 14.6. The van der Waals surface area contributed by atoms with Crippen molar-refractivity contribution >= 4 is 17.7 Å². The molecule has 0 N–H and O–H groups in total. The summed E-state index contributed by atoms with van der Waals surface area (Å²) in [5.74, 6) is 0.0456. The summed E-state index contributed by atoms with van der Waals surface area (Å²) in [6, 6.07) is 1.56. The summed E-state index contributed by atoms with van der Waals surface area (Å²) in [6.07, 6.45) is 4.55. The van der Waals surface area contributed by atoms with Crippen LogP contribution in [0.5, 0.6) is 11.5 Å². The first-order valence-electron chi connectivity index (χ1n) is 6.55. The molecule has 1 aromatic rings. The number of isocyanates is 1. The first-order valence-corrected chi connectivity index (χ1v) is 6.93. The van der Waals surface area contributed by atoms with Crippen LogP contribution < -0.4 is 9.47 Å². The molecule has 2 aliphatic rings. The van der Waals surface area contributed by atoms with Crippen LogP contribution in [0.3, 0.4) is 0 Å². The van der Waals surface area contributed by atoms with Crippen molar-refractivity contribution in [1.82, 2.24) is 0 Å². The minimum Gasteiger partial charge on any atom is -0.486 e. The molecule has 3 rings (SSSR count). The molecule has 1 fully saturated rings. The van der Waals surface area contributed by atoms with Crippen LogP contribution in [0.4, 0.5) is 4.39 Å². The molecule has 0 aromatic heterocycles. The van der Waals surface area contributed by atoms with Gasteiger partial charge in [0, 0.05) is 5.56 Å². The summed E-state index contributed by atoms with van der Waals surface area (Å²) in [6.45, 7) is 0.724. The number of benzene rings is 1. The number of nitrogens with zero attached hydrogens (tertiary/aromatic N) is 1. The van der Waals surface area contributed by atoms with Gasteiger partial charge in [-0.15, -0.1) is 0 Å². The zero-order valence-corrected chi connectivity index (χ0v) is 11.5. The molecule has 0 bridgehead atoms. The third-order valence-corrected chi connectivity index (χ3v) is 4.24. The van der Waals surface area contributed by atoms with E-state index >= 15 is 0 Å². The lowest BCUT2D eigenvalue weighted by Crippen LogP contribution is -2.23. The van der Waals surface area contributed by atoms with Crippen LogP contribution in [0.1, 0.15) is 31.2 Å². The lowest BCUT2D eigenvalue weighted by atomic mass is 9.88. The average molecular weight is 298 g/mol. The topological polar surface area (TPSA) is 47.9 Å². The van der Waals surface area contributed by atoms with E-state index in [0.29, 0.717) is 37.4 Å². The Hall–Kier alpha value is -1.58. The maximum Gasteiger partial charge on any atom is 0.235 e. The molecule has 0 saturated heterocycles. The number of hydrogen-bond acceptors (Lipinski definition) is 4. The third kappa shape index (κ3) is 1.98. The molecule has 0 amide bonds. The fourth-order valence-electron chi connectivity index (χ4n) is 2.95. The zero-order valence-electron chi connectivity index (χ0n) is 10.7. The molecule has 20 heavy (non-hydrogen) atoms. The van der Waals surface area contributed by atoms with Gasteiger partial charge in [0.2, 0.25) is 6.08 Å². The van der Waals surface area contributed by atoms with Gasteiger partial charge in [-0.05, 0) is 18.9 Å². The number of ether oxygens (including phenoxy) is 2. The molecule has 0 radical (unpaired) electrons. The van der Waals surface area contributed by atoms with Crippen LogP contribution in [0, 0.1) is 5.82 Å². The fraction of sp³-hybridized carbons (Fsp3) is 0.500. The maximum atomic E-state index is 14.6. The van der Waals surface area contributed by atoms with Crippen molar-refractivity contribution in [3.05, 3.63) is 22.5 Å². The minimum atomic E-state index is -0.870. The van der Waals surface area contributed by atoms with Crippen molar-refractivity contribution in [2.75, 3.05) is 13.2 Å². The smallest absolute Gasteiger partial charge is 0.235 e. The summed E-state index contributed by atoms with van der Waals surface area (Å²) in [5, 5.41) is -0.107. The molecular weight excluding hydrogens is 285 g/mol.